The molecular weight excluding hydrogens is 412 g/mol. The second kappa shape index (κ2) is 8.65. The van der Waals surface area contributed by atoms with Crippen molar-refractivity contribution in [1.29, 1.82) is 0 Å². The minimum Gasteiger partial charge on any atom is -0.497 e. The summed E-state index contributed by atoms with van der Waals surface area (Å²) in [5, 5.41) is 0. The lowest BCUT2D eigenvalue weighted by molar-refractivity contribution is 0.104. The van der Waals surface area contributed by atoms with Gasteiger partial charge in [-0.2, -0.15) is 0 Å². The molecule has 0 saturated heterocycles. The lowest BCUT2D eigenvalue weighted by Crippen LogP contribution is -1.98. The average molecular weight is 435 g/mol. The number of fused-ring (bicyclic) bond motifs is 1. The first-order valence-electron chi connectivity index (χ1n) is 9.61. The molecule has 0 atom stereocenters. The Morgan fingerprint density at radius 1 is 1.00 bits per heavy atom. The van der Waals surface area contributed by atoms with Crippen LogP contribution in [0, 0.1) is 6.92 Å². The third kappa shape index (κ3) is 4.04. The maximum absolute atomic E-state index is 12.9. The highest BCUT2D eigenvalue weighted by Gasteiger charge is 2.15. The summed E-state index contributed by atoms with van der Waals surface area (Å²) < 4.78 is 17.8. The van der Waals surface area contributed by atoms with Crippen molar-refractivity contribution in [2.75, 3.05) is 21.3 Å². The molecule has 0 fully saturated rings. The van der Waals surface area contributed by atoms with E-state index in [0.717, 1.165) is 32.5 Å². The molecule has 0 aliphatic heterocycles. The van der Waals surface area contributed by atoms with Gasteiger partial charge in [-0.15, -0.1) is 11.3 Å². The van der Waals surface area contributed by atoms with Gasteiger partial charge in [0.1, 0.15) is 5.75 Å². The summed E-state index contributed by atoms with van der Waals surface area (Å²) in [4.78, 5) is 19.7. The van der Waals surface area contributed by atoms with Crippen LogP contribution >= 0.6 is 11.3 Å². The van der Waals surface area contributed by atoms with E-state index in [0.29, 0.717) is 17.1 Å². The fourth-order valence-electron chi connectivity index (χ4n) is 3.33. The monoisotopic (exact) mass is 434 g/mol. The lowest BCUT2D eigenvalue weighted by Gasteiger charge is -2.08. The van der Waals surface area contributed by atoms with Gasteiger partial charge in [-0.25, -0.2) is 4.98 Å². The Labute approximate surface area is 184 Å². The highest BCUT2D eigenvalue weighted by molar-refractivity contribution is 7.17. The number of aromatic nitrogens is 2. The first-order valence-corrected chi connectivity index (χ1v) is 10.4. The van der Waals surface area contributed by atoms with Crippen molar-refractivity contribution in [1.82, 2.24) is 9.38 Å². The number of hydrogen-bond acceptors (Lipinski definition) is 6. The molecule has 0 saturated carbocycles. The van der Waals surface area contributed by atoms with Crippen molar-refractivity contribution >= 4 is 28.2 Å². The third-order valence-corrected chi connectivity index (χ3v) is 5.80. The average Bonchev–Trinajstić information content (AvgIpc) is 3.32. The smallest absolute Gasteiger partial charge is 0.194 e. The van der Waals surface area contributed by atoms with Crippen LogP contribution in [0.1, 0.15) is 20.9 Å². The van der Waals surface area contributed by atoms with Gasteiger partial charge in [-0.05, 0) is 61.5 Å². The topological polar surface area (TPSA) is 62.1 Å². The number of thiazole rings is 1. The van der Waals surface area contributed by atoms with Gasteiger partial charge >= 0.3 is 0 Å². The number of ketones is 1. The normalized spacial score (nSPS) is 11.2. The molecular formula is C24H22N2O4S. The number of allylic oxidation sites excluding steroid dienone is 1. The molecule has 0 aliphatic carbocycles. The van der Waals surface area contributed by atoms with Gasteiger partial charge in [0, 0.05) is 22.2 Å². The van der Waals surface area contributed by atoms with E-state index in [2.05, 4.69) is 0 Å². The molecule has 4 rings (SSSR count). The van der Waals surface area contributed by atoms with Gasteiger partial charge in [-0.1, -0.05) is 0 Å². The van der Waals surface area contributed by atoms with Crippen LogP contribution < -0.4 is 14.2 Å². The maximum Gasteiger partial charge on any atom is 0.194 e. The zero-order chi connectivity index (χ0) is 22.0. The molecule has 0 bridgehead atoms. The highest BCUT2D eigenvalue weighted by Crippen LogP contribution is 2.31. The van der Waals surface area contributed by atoms with E-state index in [-0.39, 0.29) is 5.78 Å². The van der Waals surface area contributed by atoms with E-state index >= 15 is 0 Å². The molecule has 0 amide bonds. The number of aryl methyl sites for hydroxylation is 1. The lowest BCUT2D eigenvalue weighted by atomic mass is 10.1. The van der Waals surface area contributed by atoms with Gasteiger partial charge < -0.3 is 14.2 Å². The number of nitrogens with zero attached hydrogens (tertiary/aromatic N) is 2. The van der Waals surface area contributed by atoms with Crippen molar-refractivity contribution in [2.45, 2.75) is 6.92 Å². The van der Waals surface area contributed by atoms with Crippen molar-refractivity contribution in [3.05, 3.63) is 70.9 Å². The molecule has 0 unspecified atom stereocenters. The largest absolute Gasteiger partial charge is 0.497 e. The van der Waals surface area contributed by atoms with Crippen LogP contribution in [0.15, 0.2) is 54.7 Å². The number of ether oxygens (including phenoxy) is 3. The summed E-state index contributed by atoms with van der Waals surface area (Å²) in [6.07, 6.45) is 5.40. The fourth-order valence-corrected chi connectivity index (χ4v) is 4.17. The van der Waals surface area contributed by atoms with E-state index in [9.17, 15) is 4.79 Å². The Balaban J connectivity index is 1.73. The van der Waals surface area contributed by atoms with Crippen LogP contribution in [-0.4, -0.2) is 36.5 Å². The zero-order valence-electron chi connectivity index (χ0n) is 17.7. The van der Waals surface area contributed by atoms with E-state index in [4.69, 9.17) is 19.2 Å². The molecule has 2 aromatic heterocycles. The molecule has 0 spiro atoms. The van der Waals surface area contributed by atoms with Gasteiger partial charge in [0.2, 0.25) is 0 Å². The second-order valence-electron chi connectivity index (χ2n) is 6.84. The maximum atomic E-state index is 12.9. The van der Waals surface area contributed by atoms with E-state index in [1.54, 1.807) is 56.9 Å². The quantitative estimate of drug-likeness (QED) is 0.292. The molecule has 0 aliphatic rings. The van der Waals surface area contributed by atoms with Gasteiger partial charge in [-0.3, -0.25) is 9.20 Å². The number of carbonyl (C=O) groups is 1. The van der Waals surface area contributed by atoms with Crippen molar-refractivity contribution in [3.63, 3.8) is 0 Å². The molecule has 7 heteroatoms. The van der Waals surface area contributed by atoms with Gasteiger partial charge in [0.05, 0.1) is 32.7 Å². The fraction of sp³-hybridized carbons (Fsp3) is 0.167. The summed E-state index contributed by atoms with van der Waals surface area (Å²) >= 11 is 1.61. The number of imidazole rings is 1. The molecule has 158 valence electrons. The zero-order valence-corrected chi connectivity index (χ0v) is 18.5. The van der Waals surface area contributed by atoms with Crippen LogP contribution in [-0.2, 0) is 0 Å². The molecule has 0 N–H and O–H groups in total. The van der Waals surface area contributed by atoms with Crippen LogP contribution in [0.2, 0.25) is 0 Å². The highest BCUT2D eigenvalue weighted by atomic mass is 32.1. The van der Waals surface area contributed by atoms with Crippen LogP contribution in [0.5, 0.6) is 17.2 Å². The van der Waals surface area contributed by atoms with Crippen molar-refractivity contribution in [2.24, 2.45) is 0 Å². The molecule has 31 heavy (non-hydrogen) atoms. The molecule has 2 aromatic carbocycles. The van der Waals surface area contributed by atoms with Crippen molar-refractivity contribution in [3.8, 4) is 28.5 Å². The van der Waals surface area contributed by atoms with E-state index in [1.165, 1.54) is 0 Å². The number of rotatable bonds is 7. The first-order chi connectivity index (χ1) is 15.0. The molecule has 2 heterocycles. The number of carbonyl (C=O) groups excluding carboxylic acids is 1. The Kier molecular flexibility index (Phi) is 5.77. The van der Waals surface area contributed by atoms with E-state index in [1.807, 2.05) is 47.9 Å². The predicted octanol–water partition coefficient (Wildman–Crippen LogP) is 5.29. The summed E-state index contributed by atoms with van der Waals surface area (Å²) in [6.45, 7) is 2.04. The van der Waals surface area contributed by atoms with Gasteiger partial charge in [0.25, 0.3) is 0 Å². The summed E-state index contributed by atoms with van der Waals surface area (Å²) in [5.41, 5.74) is 3.12. The second-order valence-corrected chi connectivity index (χ2v) is 8.05. The number of methoxy groups -OCH3 is 3. The SMILES string of the molecule is COc1ccc(-c2nc3sc(C)cn3c2/C=C/C(=O)c2ccc(OC)c(OC)c2)cc1. The number of hydrogen-bond donors (Lipinski definition) is 0. The van der Waals surface area contributed by atoms with Crippen LogP contribution in [0.4, 0.5) is 0 Å². The predicted molar refractivity (Wildman–Crippen MR) is 123 cm³/mol. The minimum atomic E-state index is -0.136. The Bertz CT molecular complexity index is 1270. The van der Waals surface area contributed by atoms with Crippen LogP contribution in [0.3, 0.4) is 0 Å². The summed E-state index contributed by atoms with van der Waals surface area (Å²) in [7, 11) is 4.75. The number of benzene rings is 2. The standard InChI is InChI=1S/C24H22N2O4S/c1-15-14-26-19(10-11-20(27)17-7-12-21(29-3)22(13-17)30-4)23(25-24(26)31-15)16-5-8-18(28-2)9-6-16/h5-14H,1-4H3/b11-10+. The first kappa shape index (κ1) is 20.7. The molecule has 0 radical (unpaired) electrons. The molecule has 6 nitrogen and oxygen atoms in total. The third-order valence-electron chi connectivity index (χ3n) is 4.90. The molecule has 4 aromatic rings. The minimum absolute atomic E-state index is 0.136. The Hall–Kier alpha value is -3.58. The Morgan fingerprint density at radius 2 is 1.74 bits per heavy atom. The van der Waals surface area contributed by atoms with Crippen molar-refractivity contribution < 1.29 is 19.0 Å². The van der Waals surface area contributed by atoms with Crippen LogP contribution in [0.25, 0.3) is 22.3 Å². The summed E-state index contributed by atoms with van der Waals surface area (Å²) in [6, 6.07) is 12.8. The summed E-state index contributed by atoms with van der Waals surface area (Å²) in [5.74, 6) is 1.74. The van der Waals surface area contributed by atoms with E-state index < -0.39 is 0 Å². The Morgan fingerprint density at radius 3 is 2.42 bits per heavy atom. The van der Waals surface area contributed by atoms with Gasteiger partial charge in [0.15, 0.2) is 22.2 Å².